The topological polar surface area (TPSA) is 80.5 Å². The number of rotatable bonds is 7. The number of carbonyl (C=O) groups is 1. The van der Waals surface area contributed by atoms with Crippen molar-refractivity contribution in [1.82, 2.24) is 19.7 Å². The molecular weight excluding hydrogens is 413 g/mol. The highest BCUT2D eigenvalue weighted by Gasteiger charge is 2.38. The molecule has 0 amide bonds. The molecule has 1 saturated carbocycles. The van der Waals surface area contributed by atoms with E-state index in [9.17, 15) is 13.2 Å². The van der Waals surface area contributed by atoms with Gasteiger partial charge in [-0.15, -0.1) is 0 Å². The zero-order valence-electron chi connectivity index (χ0n) is 17.4. The maximum absolute atomic E-state index is 10.6. The number of aliphatic carboxylic acids is 1. The number of nitrogens with zero attached hydrogens (tertiary/aromatic N) is 4. The number of fused-ring (bicyclic) bond motifs is 1. The molecular formula is C21H27F3N4O3. The minimum atomic E-state index is -5.08. The minimum Gasteiger partial charge on any atom is -0.475 e. The van der Waals surface area contributed by atoms with Crippen LogP contribution in [0.2, 0.25) is 0 Å². The van der Waals surface area contributed by atoms with Crippen molar-refractivity contribution in [3.8, 4) is 0 Å². The van der Waals surface area contributed by atoms with E-state index in [-0.39, 0.29) is 0 Å². The summed E-state index contributed by atoms with van der Waals surface area (Å²) >= 11 is 0. The van der Waals surface area contributed by atoms with Gasteiger partial charge in [0.1, 0.15) is 0 Å². The Morgan fingerprint density at radius 2 is 2.06 bits per heavy atom. The Balaban J connectivity index is 0.000000339. The summed E-state index contributed by atoms with van der Waals surface area (Å²) in [5.41, 5.74) is 5.11. The normalized spacial score (nSPS) is 16.4. The number of halogens is 3. The molecule has 1 aliphatic carbocycles. The van der Waals surface area contributed by atoms with Crippen LogP contribution in [-0.2, 0) is 42.2 Å². The molecule has 170 valence electrons. The molecule has 0 radical (unpaired) electrons. The first-order valence-corrected chi connectivity index (χ1v) is 10.4. The fourth-order valence-electron chi connectivity index (χ4n) is 3.48. The SMILES string of the molecule is CCOCc1nn(CC2CC2)c2c1CN(Cc1ccccn1)CC2.O=C(O)C(F)(F)F. The number of alkyl halides is 3. The van der Waals surface area contributed by atoms with Gasteiger partial charge in [-0.3, -0.25) is 14.6 Å². The standard InChI is InChI=1S/C19H26N4O.C2HF3O2/c1-2-24-14-18-17-13-22(12-16-5-3-4-9-20-16)10-8-19(17)23(21-18)11-15-6-7-15;3-2(4,5)1(6)7/h3-5,9,15H,2,6-8,10-14H2,1H3;(H,6,7). The van der Waals surface area contributed by atoms with E-state index in [1.54, 1.807) is 0 Å². The van der Waals surface area contributed by atoms with Crippen LogP contribution >= 0.6 is 0 Å². The molecule has 0 unspecified atom stereocenters. The van der Waals surface area contributed by atoms with Crippen molar-refractivity contribution in [3.05, 3.63) is 47.0 Å². The molecule has 1 N–H and O–H groups in total. The molecule has 10 heteroatoms. The third-order valence-electron chi connectivity index (χ3n) is 5.22. The van der Waals surface area contributed by atoms with Gasteiger partial charge in [0.2, 0.25) is 0 Å². The lowest BCUT2D eigenvalue weighted by Crippen LogP contribution is -2.31. The second-order valence-electron chi connectivity index (χ2n) is 7.72. The average molecular weight is 440 g/mol. The first kappa shape index (κ1) is 23.2. The minimum absolute atomic E-state index is 0.633. The number of hydrogen-bond donors (Lipinski definition) is 1. The lowest BCUT2D eigenvalue weighted by molar-refractivity contribution is -0.192. The molecule has 2 aliphatic rings. The summed E-state index contributed by atoms with van der Waals surface area (Å²) in [6, 6.07) is 6.14. The van der Waals surface area contributed by atoms with E-state index in [4.69, 9.17) is 19.7 Å². The second-order valence-corrected chi connectivity index (χ2v) is 7.72. The van der Waals surface area contributed by atoms with Gasteiger partial charge in [0, 0.05) is 56.7 Å². The van der Waals surface area contributed by atoms with Crippen LogP contribution < -0.4 is 0 Å². The van der Waals surface area contributed by atoms with E-state index in [0.717, 1.165) is 56.5 Å². The Labute approximate surface area is 178 Å². The highest BCUT2D eigenvalue weighted by molar-refractivity contribution is 5.73. The second kappa shape index (κ2) is 10.2. The van der Waals surface area contributed by atoms with E-state index in [1.165, 1.54) is 24.1 Å². The average Bonchev–Trinajstić information content (AvgIpc) is 3.48. The number of aromatic nitrogens is 3. The molecule has 0 spiro atoms. The van der Waals surface area contributed by atoms with Gasteiger partial charge in [-0.05, 0) is 37.8 Å². The summed E-state index contributed by atoms with van der Waals surface area (Å²) in [7, 11) is 0. The third-order valence-corrected chi connectivity index (χ3v) is 5.22. The van der Waals surface area contributed by atoms with E-state index < -0.39 is 12.1 Å². The summed E-state index contributed by atoms with van der Waals surface area (Å²) in [4.78, 5) is 15.8. The molecule has 0 atom stereocenters. The maximum atomic E-state index is 10.6. The lowest BCUT2D eigenvalue weighted by atomic mass is 10.0. The van der Waals surface area contributed by atoms with E-state index in [0.29, 0.717) is 6.61 Å². The molecule has 31 heavy (non-hydrogen) atoms. The molecule has 2 aromatic rings. The molecule has 0 aromatic carbocycles. The Bertz CT molecular complexity index is 867. The molecule has 2 aromatic heterocycles. The van der Waals surface area contributed by atoms with Gasteiger partial charge in [-0.1, -0.05) is 6.07 Å². The van der Waals surface area contributed by atoms with Crippen LogP contribution in [0.25, 0.3) is 0 Å². The Hall–Kier alpha value is -2.46. The van der Waals surface area contributed by atoms with Crippen LogP contribution in [0, 0.1) is 5.92 Å². The van der Waals surface area contributed by atoms with Gasteiger partial charge in [0.25, 0.3) is 0 Å². The summed E-state index contributed by atoms with van der Waals surface area (Å²) < 4.78 is 39.7. The van der Waals surface area contributed by atoms with Gasteiger partial charge < -0.3 is 9.84 Å². The third kappa shape index (κ3) is 6.76. The zero-order valence-corrected chi connectivity index (χ0v) is 17.4. The van der Waals surface area contributed by atoms with Crippen LogP contribution in [0.4, 0.5) is 13.2 Å². The Kier molecular flexibility index (Phi) is 7.66. The molecule has 3 heterocycles. The summed E-state index contributed by atoms with van der Waals surface area (Å²) in [6.07, 6.45) is 0.593. The molecule has 7 nitrogen and oxygen atoms in total. The maximum Gasteiger partial charge on any atom is 0.490 e. The highest BCUT2D eigenvalue weighted by Crippen LogP contribution is 2.33. The Morgan fingerprint density at radius 1 is 1.32 bits per heavy atom. The van der Waals surface area contributed by atoms with Gasteiger partial charge in [0.15, 0.2) is 0 Å². The van der Waals surface area contributed by atoms with Crippen molar-refractivity contribution >= 4 is 5.97 Å². The van der Waals surface area contributed by atoms with E-state index >= 15 is 0 Å². The van der Waals surface area contributed by atoms with Crippen molar-refractivity contribution in [2.45, 2.75) is 58.6 Å². The predicted octanol–water partition coefficient (Wildman–Crippen LogP) is 3.42. The van der Waals surface area contributed by atoms with Crippen molar-refractivity contribution in [2.75, 3.05) is 13.2 Å². The zero-order chi connectivity index (χ0) is 22.4. The van der Waals surface area contributed by atoms with Crippen LogP contribution in [0.5, 0.6) is 0 Å². The van der Waals surface area contributed by atoms with Crippen molar-refractivity contribution in [1.29, 1.82) is 0 Å². The fraction of sp³-hybridized carbons (Fsp3) is 0.571. The van der Waals surface area contributed by atoms with Crippen LogP contribution in [-0.4, -0.2) is 50.1 Å². The number of carboxylic acids is 1. The molecule has 4 rings (SSSR count). The molecule has 1 fully saturated rings. The summed E-state index contributed by atoms with van der Waals surface area (Å²) in [5.74, 6) is -1.91. The van der Waals surface area contributed by atoms with E-state index in [2.05, 4.69) is 26.7 Å². The van der Waals surface area contributed by atoms with Crippen LogP contribution in [0.15, 0.2) is 24.4 Å². The van der Waals surface area contributed by atoms with Crippen LogP contribution in [0.1, 0.15) is 42.4 Å². The molecule has 0 saturated heterocycles. The predicted molar refractivity (Wildman–Crippen MR) is 106 cm³/mol. The summed E-state index contributed by atoms with van der Waals surface area (Å²) in [6.45, 7) is 7.45. The number of carboxylic acid groups (broad SMARTS) is 1. The van der Waals surface area contributed by atoms with Gasteiger partial charge in [-0.25, -0.2) is 4.79 Å². The van der Waals surface area contributed by atoms with Crippen molar-refractivity contribution < 1.29 is 27.8 Å². The quantitative estimate of drug-likeness (QED) is 0.711. The lowest BCUT2D eigenvalue weighted by Gasteiger charge is -2.27. The van der Waals surface area contributed by atoms with Gasteiger partial charge >= 0.3 is 12.1 Å². The number of hydrogen-bond acceptors (Lipinski definition) is 5. The smallest absolute Gasteiger partial charge is 0.475 e. The molecule has 0 bridgehead atoms. The number of pyridine rings is 1. The Morgan fingerprint density at radius 3 is 2.65 bits per heavy atom. The van der Waals surface area contributed by atoms with Crippen molar-refractivity contribution in [3.63, 3.8) is 0 Å². The summed E-state index contributed by atoms with van der Waals surface area (Å²) in [5, 5.41) is 12.0. The van der Waals surface area contributed by atoms with Gasteiger partial charge in [-0.2, -0.15) is 18.3 Å². The van der Waals surface area contributed by atoms with Gasteiger partial charge in [0.05, 0.1) is 18.0 Å². The first-order valence-electron chi connectivity index (χ1n) is 10.4. The number of ether oxygens (including phenoxy) is 1. The van der Waals surface area contributed by atoms with Crippen LogP contribution in [0.3, 0.4) is 0 Å². The van der Waals surface area contributed by atoms with Crippen molar-refractivity contribution in [2.24, 2.45) is 5.92 Å². The molecule has 1 aliphatic heterocycles. The fourth-order valence-corrected chi connectivity index (χ4v) is 3.48. The highest BCUT2D eigenvalue weighted by atomic mass is 19.4. The largest absolute Gasteiger partial charge is 0.490 e. The van der Waals surface area contributed by atoms with E-state index in [1.807, 2.05) is 19.2 Å². The monoisotopic (exact) mass is 440 g/mol. The first-order chi connectivity index (χ1) is 14.8.